The summed E-state index contributed by atoms with van der Waals surface area (Å²) in [6, 6.07) is 1.88. The summed E-state index contributed by atoms with van der Waals surface area (Å²) in [6.07, 6.45) is 2.37. The minimum absolute atomic E-state index is 0.0919. The van der Waals surface area contributed by atoms with Gasteiger partial charge in [-0.15, -0.1) is 0 Å². The van der Waals surface area contributed by atoms with Crippen molar-refractivity contribution in [2.45, 2.75) is 26.8 Å². The predicted octanol–water partition coefficient (Wildman–Crippen LogP) is 1.72. The van der Waals surface area contributed by atoms with Gasteiger partial charge in [0.05, 0.1) is 10.6 Å². The van der Waals surface area contributed by atoms with Crippen LogP contribution in [0.4, 0.5) is 0 Å². The van der Waals surface area contributed by atoms with Gasteiger partial charge < -0.3 is 20.0 Å². The van der Waals surface area contributed by atoms with Crippen LogP contribution in [0.15, 0.2) is 11.0 Å². The molecule has 8 nitrogen and oxygen atoms in total. The Hall–Kier alpha value is -2.79. The second kappa shape index (κ2) is 7.40. The molecule has 1 amide bonds. The van der Waals surface area contributed by atoms with Crippen LogP contribution in [0.3, 0.4) is 0 Å². The van der Waals surface area contributed by atoms with E-state index in [2.05, 4.69) is 10.3 Å². The predicted molar refractivity (Wildman–Crippen MR) is 91.7 cm³/mol. The van der Waals surface area contributed by atoms with Gasteiger partial charge in [-0.2, -0.15) is 5.26 Å². The third kappa shape index (κ3) is 3.83. The number of nitrogens with zero attached hydrogens (tertiary/aromatic N) is 2. The van der Waals surface area contributed by atoms with E-state index >= 15 is 0 Å². The Balaban J connectivity index is 2.60. The molecule has 0 unspecified atom stereocenters. The number of carbonyl (C=O) groups excluding carboxylic acids is 1. The topological polar surface area (TPSA) is 128 Å². The highest BCUT2D eigenvalue weighted by Gasteiger charge is 2.22. The molecule has 0 saturated carbocycles. The Morgan fingerprint density at radius 2 is 2.16 bits per heavy atom. The molecule has 0 spiro atoms. The van der Waals surface area contributed by atoms with Crippen LogP contribution in [-0.4, -0.2) is 33.1 Å². The normalized spacial score (nSPS) is 10.8. The molecule has 0 aliphatic carbocycles. The molecule has 0 aliphatic heterocycles. The summed E-state index contributed by atoms with van der Waals surface area (Å²) in [5.41, 5.74) is -0.738. The smallest absolute Gasteiger partial charge is 0.322 e. The molecule has 0 fully saturated rings. The Kier molecular flexibility index (Phi) is 5.49. The summed E-state index contributed by atoms with van der Waals surface area (Å²) in [4.78, 5) is 37.5. The minimum atomic E-state index is -1.24. The van der Waals surface area contributed by atoms with Crippen LogP contribution >= 0.6 is 11.6 Å². The van der Waals surface area contributed by atoms with Gasteiger partial charge in [-0.05, 0) is 12.3 Å². The van der Waals surface area contributed by atoms with E-state index in [1.807, 2.05) is 19.9 Å². The van der Waals surface area contributed by atoms with Gasteiger partial charge in [0.1, 0.15) is 23.8 Å². The highest BCUT2D eigenvalue weighted by atomic mass is 35.5. The van der Waals surface area contributed by atoms with Crippen LogP contribution in [0.2, 0.25) is 5.02 Å². The number of nitrogens with one attached hydrogen (secondary N) is 2. The second-order valence-corrected chi connectivity index (χ2v) is 6.38. The number of rotatable bonds is 6. The van der Waals surface area contributed by atoms with Crippen molar-refractivity contribution in [2.24, 2.45) is 5.92 Å². The third-order valence-corrected chi connectivity index (χ3v) is 3.96. The average Bonchev–Trinajstić information content (AvgIpc) is 2.88. The number of aryl methyl sites for hydroxylation is 1. The van der Waals surface area contributed by atoms with Gasteiger partial charge in [-0.3, -0.25) is 14.4 Å². The Bertz CT molecular complexity index is 936. The Labute approximate surface area is 148 Å². The lowest BCUT2D eigenvalue weighted by Gasteiger charge is -2.09. The molecule has 2 aromatic rings. The van der Waals surface area contributed by atoms with Gasteiger partial charge >= 0.3 is 5.97 Å². The molecule has 3 N–H and O–H groups in total. The average molecular weight is 365 g/mol. The molecule has 0 saturated heterocycles. The maximum Gasteiger partial charge on any atom is 0.322 e. The van der Waals surface area contributed by atoms with Gasteiger partial charge in [-0.1, -0.05) is 25.4 Å². The quantitative estimate of drug-likeness (QED) is 0.718. The van der Waals surface area contributed by atoms with E-state index in [1.165, 1.54) is 0 Å². The maximum absolute atomic E-state index is 12.4. The second-order valence-electron chi connectivity index (χ2n) is 5.97. The van der Waals surface area contributed by atoms with Crippen LogP contribution in [0.25, 0.3) is 10.9 Å². The first kappa shape index (κ1) is 18.5. The zero-order valence-electron chi connectivity index (χ0n) is 13.7. The summed E-state index contributed by atoms with van der Waals surface area (Å²) >= 11 is 6.20. The fraction of sp³-hybridized carbons (Fsp3) is 0.375. The number of aromatic amines is 1. The first-order chi connectivity index (χ1) is 11.8. The van der Waals surface area contributed by atoms with Gasteiger partial charge in [0, 0.05) is 18.1 Å². The number of aliphatic carboxylic acids is 1. The molecule has 0 aliphatic rings. The van der Waals surface area contributed by atoms with E-state index in [0.717, 1.165) is 6.42 Å². The zero-order valence-corrected chi connectivity index (χ0v) is 14.5. The van der Waals surface area contributed by atoms with Crippen molar-refractivity contribution < 1.29 is 14.7 Å². The number of H-pyrrole nitrogens is 1. The highest BCUT2D eigenvalue weighted by Crippen LogP contribution is 2.28. The number of carboxylic acid groups (broad SMARTS) is 1. The number of fused-ring (bicyclic) bond motifs is 1. The van der Waals surface area contributed by atoms with Crippen LogP contribution in [0, 0.1) is 17.2 Å². The Morgan fingerprint density at radius 3 is 2.72 bits per heavy atom. The summed E-state index contributed by atoms with van der Waals surface area (Å²) in [5, 5.41) is 20.6. The monoisotopic (exact) mass is 364 g/mol. The lowest BCUT2D eigenvalue weighted by Crippen LogP contribution is -2.32. The lowest BCUT2D eigenvalue weighted by atomic mass is 10.1. The molecule has 0 atom stereocenters. The first-order valence-corrected chi connectivity index (χ1v) is 7.98. The fourth-order valence-electron chi connectivity index (χ4n) is 2.46. The van der Waals surface area contributed by atoms with E-state index in [1.54, 1.807) is 10.8 Å². The van der Waals surface area contributed by atoms with E-state index in [-0.39, 0.29) is 27.2 Å². The van der Waals surface area contributed by atoms with Crippen molar-refractivity contribution >= 4 is 34.4 Å². The standard InChI is InChI=1S/C16H17ClN4O4/c1-8(2)3-4-21-7-10(17)12-9(5-18)13(20-16(25)14(12)21)15(24)19-6-11(22)23/h7-8H,3-4,6H2,1-2H3,(H,19,24)(H,20,25)(H,22,23). The third-order valence-electron chi connectivity index (χ3n) is 3.67. The lowest BCUT2D eigenvalue weighted by molar-refractivity contribution is -0.135. The molecule has 132 valence electrons. The number of hydrogen-bond donors (Lipinski definition) is 3. The molecular formula is C16H17ClN4O4. The fourth-order valence-corrected chi connectivity index (χ4v) is 2.77. The number of halogens is 1. The summed E-state index contributed by atoms with van der Waals surface area (Å²) in [7, 11) is 0. The van der Waals surface area contributed by atoms with Gasteiger partial charge in [0.15, 0.2) is 0 Å². The van der Waals surface area contributed by atoms with Crippen LogP contribution < -0.4 is 10.9 Å². The summed E-state index contributed by atoms with van der Waals surface area (Å²) in [5.74, 6) is -1.69. The number of nitriles is 1. The summed E-state index contributed by atoms with van der Waals surface area (Å²) < 4.78 is 1.66. The van der Waals surface area contributed by atoms with Crippen LogP contribution in [-0.2, 0) is 11.3 Å². The molecule has 25 heavy (non-hydrogen) atoms. The van der Waals surface area contributed by atoms with Crippen molar-refractivity contribution in [3.05, 3.63) is 32.8 Å². The SMILES string of the molecule is CC(C)CCn1cc(Cl)c2c(C#N)c(C(=O)NCC(=O)O)[nH]c(=O)c21. The van der Waals surface area contributed by atoms with Gasteiger partial charge in [0.2, 0.25) is 0 Å². The van der Waals surface area contributed by atoms with E-state index in [4.69, 9.17) is 16.7 Å². The first-order valence-electron chi connectivity index (χ1n) is 7.61. The van der Waals surface area contributed by atoms with Gasteiger partial charge in [-0.25, -0.2) is 0 Å². The van der Waals surface area contributed by atoms with Gasteiger partial charge in [0.25, 0.3) is 11.5 Å². The zero-order chi connectivity index (χ0) is 18.7. The largest absolute Gasteiger partial charge is 0.480 e. The maximum atomic E-state index is 12.4. The Morgan fingerprint density at radius 1 is 1.48 bits per heavy atom. The number of aromatic nitrogens is 2. The van der Waals surface area contributed by atoms with E-state index in [9.17, 15) is 19.6 Å². The molecule has 2 aromatic heterocycles. The van der Waals surface area contributed by atoms with E-state index in [0.29, 0.717) is 12.5 Å². The van der Waals surface area contributed by atoms with Crippen LogP contribution in [0.5, 0.6) is 0 Å². The number of hydrogen-bond acceptors (Lipinski definition) is 4. The summed E-state index contributed by atoms with van der Waals surface area (Å²) in [6.45, 7) is 4.00. The highest BCUT2D eigenvalue weighted by molar-refractivity contribution is 6.36. The molecule has 0 bridgehead atoms. The minimum Gasteiger partial charge on any atom is -0.480 e. The van der Waals surface area contributed by atoms with Crippen molar-refractivity contribution in [1.29, 1.82) is 5.26 Å². The molecule has 2 rings (SSSR count). The van der Waals surface area contributed by atoms with Crippen LogP contribution in [0.1, 0.15) is 36.3 Å². The van der Waals surface area contributed by atoms with Crippen molar-refractivity contribution in [3.8, 4) is 6.07 Å². The number of amides is 1. The molecule has 0 radical (unpaired) electrons. The van der Waals surface area contributed by atoms with Crippen molar-refractivity contribution in [3.63, 3.8) is 0 Å². The van der Waals surface area contributed by atoms with Crippen molar-refractivity contribution in [2.75, 3.05) is 6.54 Å². The molecular weight excluding hydrogens is 348 g/mol. The number of carbonyl (C=O) groups is 2. The van der Waals surface area contributed by atoms with E-state index < -0.39 is 24.0 Å². The number of pyridine rings is 1. The van der Waals surface area contributed by atoms with Crippen molar-refractivity contribution in [1.82, 2.24) is 14.9 Å². The molecule has 2 heterocycles. The number of carboxylic acids is 1. The molecule has 0 aromatic carbocycles. The molecule has 9 heteroatoms.